The minimum atomic E-state index is -4.58. The van der Waals surface area contributed by atoms with Crippen molar-refractivity contribution in [3.8, 4) is 11.8 Å². The number of carbonyl (C=O) groups excluding carboxylic acids is 2. The van der Waals surface area contributed by atoms with Crippen molar-refractivity contribution in [3.05, 3.63) is 70.0 Å². The Bertz CT molecular complexity index is 1460. The molecule has 0 saturated carbocycles. The first-order valence-electron chi connectivity index (χ1n) is 12.8. The molecule has 4 rings (SSSR count). The highest BCUT2D eigenvalue weighted by atomic mass is 32.1. The molecule has 0 unspecified atom stereocenters. The number of anilines is 2. The van der Waals surface area contributed by atoms with Crippen LogP contribution in [0.15, 0.2) is 42.7 Å². The Kier molecular flexibility index (Phi) is 9.59. The number of nitrogens with zero attached hydrogens (tertiary/aromatic N) is 5. The third-order valence-corrected chi connectivity index (χ3v) is 7.38. The normalized spacial score (nSPS) is 14.2. The van der Waals surface area contributed by atoms with Crippen molar-refractivity contribution in [3.63, 3.8) is 0 Å². The molecule has 1 fully saturated rings. The van der Waals surface area contributed by atoms with Crippen LogP contribution in [0.1, 0.15) is 32.1 Å². The number of aryl methyl sites for hydroxylation is 1. The number of likely N-dealkylation sites (N-methyl/N-ethyl adjacent to an activating group) is 2. The molecule has 1 aromatic carbocycles. The first kappa shape index (κ1) is 30.0. The summed E-state index contributed by atoms with van der Waals surface area (Å²) in [6.45, 7) is 7.28. The molecule has 13 heteroatoms. The van der Waals surface area contributed by atoms with E-state index >= 15 is 0 Å². The summed E-state index contributed by atoms with van der Waals surface area (Å²) in [5.74, 6) is 5.28. The van der Waals surface area contributed by atoms with Crippen molar-refractivity contribution < 1.29 is 22.8 Å². The van der Waals surface area contributed by atoms with E-state index in [0.29, 0.717) is 33.9 Å². The first-order chi connectivity index (χ1) is 19.5. The van der Waals surface area contributed by atoms with Gasteiger partial charge >= 0.3 is 12.2 Å². The van der Waals surface area contributed by atoms with Gasteiger partial charge in [0.05, 0.1) is 16.6 Å². The number of carbonyl (C=O) groups is 2. The molecule has 2 N–H and O–H groups in total. The molecular formula is C28H30F3N7O2S. The average Bonchev–Trinajstić information content (AvgIpc) is 3.39. The van der Waals surface area contributed by atoms with Gasteiger partial charge in [-0.05, 0) is 49.7 Å². The van der Waals surface area contributed by atoms with Gasteiger partial charge < -0.3 is 15.1 Å². The minimum Gasteiger partial charge on any atom is -0.326 e. The Morgan fingerprint density at radius 2 is 1.83 bits per heavy atom. The first-order valence-corrected chi connectivity index (χ1v) is 13.7. The number of urea groups is 1. The van der Waals surface area contributed by atoms with Crippen molar-refractivity contribution in [2.75, 3.05) is 64.0 Å². The van der Waals surface area contributed by atoms with E-state index in [9.17, 15) is 22.8 Å². The molecule has 0 spiro atoms. The van der Waals surface area contributed by atoms with E-state index in [0.717, 1.165) is 50.6 Å². The molecule has 1 saturated heterocycles. The van der Waals surface area contributed by atoms with Crippen LogP contribution in [0.3, 0.4) is 0 Å². The quantitative estimate of drug-likeness (QED) is 0.421. The van der Waals surface area contributed by atoms with Crippen LogP contribution in [-0.4, -0.2) is 90.0 Å². The summed E-state index contributed by atoms with van der Waals surface area (Å²) in [6.07, 6.45) is -2.07. The number of nitrogens with one attached hydrogen (secondary N) is 2. The zero-order chi connectivity index (χ0) is 29.6. The van der Waals surface area contributed by atoms with Gasteiger partial charge in [-0.1, -0.05) is 23.3 Å². The average molecular weight is 586 g/mol. The Morgan fingerprint density at radius 3 is 2.56 bits per heavy atom. The Morgan fingerprint density at radius 1 is 1.07 bits per heavy atom. The van der Waals surface area contributed by atoms with E-state index in [1.807, 2.05) is 6.92 Å². The fraction of sp³-hybridized carbons (Fsp3) is 0.357. The topological polar surface area (TPSA) is 93.7 Å². The molecule has 41 heavy (non-hydrogen) atoms. The van der Waals surface area contributed by atoms with Crippen LogP contribution < -0.4 is 10.6 Å². The van der Waals surface area contributed by atoms with Crippen LogP contribution in [0.5, 0.6) is 0 Å². The highest BCUT2D eigenvalue weighted by molar-refractivity contribution is 7.16. The van der Waals surface area contributed by atoms with Gasteiger partial charge in [0.1, 0.15) is 5.69 Å². The van der Waals surface area contributed by atoms with Gasteiger partial charge in [0.2, 0.25) is 0 Å². The van der Waals surface area contributed by atoms with E-state index in [-0.39, 0.29) is 11.7 Å². The highest BCUT2D eigenvalue weighted by Crippen LogP contribution is 2.29. The molecule has 0 atom stereocenters. The number of amides is 3. The van der Waals surface area contributed by atoms with Crippen LogP contribution in [0.25, 0.3) is 0 Å². The van der Waals surface area contributed by atoms with Crippen molar-refractivity contribution in [1.29, 1.82) is 0 Å². The lowest BCUT2D eigenvalue weighted by molar-refractivity contribution is -0.137. The fourth-order valence-corrected chi connectivity index (χ4v) is 4.59. The molecule has 3 heterocycles. The van der Waals surface area contributed by atoms with Gasteiger partial charge in [0.25, 0.3) is 5.91 Å². The van der Waals surface area contributed by atoms with E-state index in [4.69, 9.17) is 0 Å². The monoisotopic (exact) mass is 585 g/mol. The lowest BCUT2D eigenvalue weighted by Crippen LogP contribution is -2.47. The van der Waals surface area contributed by atoms with Crippen molar-refractivity contribution in [2.24, 2.45) is 0 Å². The number of piperazine rings is 1. The zero-order valence-electron chi connectivity index (χ0n) is 22.9. The number of hydrogen-bond donors (Lipinski definition) is 2. The zero-order valence-corrected chi connectivity index (χ0v) is 23.7. The molecule has 3 amide bonds. The van der Waals surface area contributed by atoms with Crippen molar-refractivity contribution in [2.45, 2.75) is 13.1 Å². The van der Waals surface area contributed by atoms with E-state index in [2.05, 4.69) is 49.3 Å². The van der Waals surface area contributed by atoms with Crippen LogP contribution in [0, 0.1) is 18.8 Å². The number of pyridine rings is 1. The summed E-state index contributed by atoms with van der Waals surface area (Å²) in [5.41, 5.74) is 0.513. The molecule has 1 aliphatic rings. The minimum absolute atomic E-state index is 0.248. The molecule has 1 aliphatic heterocycles. The van der Waals surface area contributed by atoms with Gasteiger partial charge in [-0.2, -0.15) is 13.2 Å². The second kappa shape index (κ2) is 13.1. The number of thiazole rings is 1. The summed E-state index contributed by atoms with van der Waals surface area (Å²) < 4.78 is 38.9. The van der Waals surface area contributed by atoms with E-state index < -0.39 is 17.6 Å². The predicted octanol–water partition coefficient (Wildman–Crippen LogP) is 4.23. The number of halogens is 3. The van der Waals surface area contributed by atoms with Crippen molar-refractivity contribution in [1.82, 2.24) is 24.7 Å². The largest absolute Gasteiger partial charge is 0.416 e. The Labute approximate surface area is 240 Å². The summed E-state index contributed by atoms with van der Waals surface area (Å²) in [6, 6.07) is 6.27. The standard InChI is InChI=1S/C28H30F3N7O2S/c1-19-4-6-22(34-25(39)24-17-21(8-9-32-24)28(29,30)31)16-20(19)5-7-23-18-33-26(41-23)35-27(40)37(3)12-15-38-13-10-36(2)11-14-38/h4,6,8-9,16-18H,10-15H2,1-3H3,(H,34,39)(H,33,35,40). The summed E-state index contributed by atoms with van der Waals surface area (Å²) in [5, 5.41) is 5.80. The summed E-state index contributed by atoms with van der Waals surface area (Å²) >= 11 is 1.24. The lowest BCUT2D eigenvalue weighted by Gasteiger charge is -2.33. The van der Waals surface area contributed by atoms with Crippen LogP contribution in [0.2, 0.25) is 0 Å². The molecule has 0 bridgehead atoms. The predicted molar refractivity (Wildman–Crippen MR) is 152 cm³/mol. The molecule has 2 aromatic heterocycles. The van der Waals surface area contributed by atoms with Gasteiger partial charge in [-0.3, -0.25) is 20.0 Å². The lowest BCUT2D eigenvalue weighted by atomic mass is 10.1. The van der Waals surface area contributed by atoms with Crippen LogP contribution in [-0.2, 0) is 6.18 Å². The second-order valence-corrected chi connectivity index (χ2v) is 10.7. The van der Waals surface area contributed by atoms with Gasteiger partial charge in [0, 0.05) is 63.8 Å². The second-order valence-electron chi connectivity index (χ2n) is 9.69. The number of hydrogen-bond acceptors (Lipinski definition) is 7. The molecule has 0 aliphatic carbocycles. The molecule has 9 nitrogen and oxygen atoms in total. The van der Waals surface area contributed by atoms with Gasteiger partial charge in [0.15, 0.2) is 5.13 Å². The maximum absolute atomic E-state index is 13.0. The Hall–Kier alpha value is -3.99. The SMILES string of the molecule is Cc1ccc(NC(=O)c2cc(C(F)(F)F)ccn2)cc1C#Cc1cnc(NC(=O)N(C)CCN2CCN(C)CC2)s1. The number of benzene rings is 1. The molecule has 216 valence electrons. The Balaban J connectivity index is 1.34. The van der Waals surface area contributed by atoms with E-state index in [1.165, 1.54) is 11.3 Å². The third kappa shape index (κ3) is 8.50. The highest BCUT2D eigenvalue weighted by Gasteiger charge is 2.31. The van der Waals surface area contributed by atoms with Crippen LogP contribution in [0.4, 0.5) is 28.8 Å². The summed E-state index contributed by atoms with van der Waals surface area (Å²) in [7, 11) is 3.85. The molecule has 0 radical (unpaired) electrons. The third-order valence-electron chi connectivity index (χ3n) is 6.55. The smallest absolute Gasteiger partial charge is 0.326 e. The maximum atomic E-state index is 13.0. The van der Waals surface area contributed by atoms with Gasteiger partial charge in [-0.25, -0.2) is 9.78 Å². The molecule has 3 aromatic rings. The number of rotatable bonds is 6. The maximum Gasteiger partial charge on any atom is 0.416 e. The van der Waals surface area contributed by atoms with Crippen molar-refractivity contribution >= 4 is 34.1 Å². The number of alkyl halides is 3. The summed E-state index contributed by atoms with van der Waals surface area (Å²) in [4.78, 5) is 40.0. The fourth-order valence-electron chi connectivity index (χ4n) is 3.93. The molecular weight excluding hydrogens is 555 g/mol. The van der Waals surface area contributed by atoms with E-state index in [1.54, 1.807) is 36.3 Å². The van der Waals surface area contributed by atoms with Gasteiger partial charge in [-0.15, -0.1) is 0 Å². The number of aromatic nitrogens is 2. The van der Waals surface area contributed by atoms with Crippen LogP contribution >= 0.6 is 11.3 Å².